The molecule has 1 amide bonds. The second-order valence-electron chi connectivity index (χ2n) is 5.07. The fourth-order valence-electron chi connectivity index (χ4n) is 2.30. The zero-order valence-corrected chi connectivity index (χ0v) is 11.8. The van der Waals surface area contributed by atoms with Gasteiger partial charge >= 0.3 is 0 Å². The molecule has 2 unspecified atom stereocenters. The molecule has 1 aromatic heterocycles. The number of hydrogen-bond donors (Lipinski definition) is 2. The predicted octanol–water partition coefficient (Wildman–Crippen LogP) is 2.03. The first-order valence-electron chi connectivity index (χ1n) is 6.58. The number of aromatic nitrogens is 1. The molecule has 0 aliphatic carbocycles. The predicted molar refractivity (Wildman–Crippen MR) is 73.5 cm³/mol. The Kier molecular flexibility index (Phi) is 4.35. The van der Waals surface area contributed by atoms with Gasteiger partial charge in [-0.2, -0.15) is 0 Å². The normalized spacial score (nSPS) is 22.7. The standard InChI is InChI=1S/C13H21N3OS/c1-3-13(2,12-15-7-8-18-12)16-11(17)9-10-5-4-6-14-10/h7-8,10,14H,3-6,9H2,1-2H3,(H,16,17). The van der Waals surface area contributed by atoms with Crippen molar-refractivity contribution in [3.05, 3.63) is 16.6 Å². The summed E-state index contributed by atoms with van der Waals surface area (Å²) in [6.45, 7) is 5.16. The topological polar surface area (TPSA) is 54.0 Å². The van der Waals surface area contributed by atoms with E-state index in [1.54, 1.807) is 17.5 Å². The molecule has 2 N–H and O–H groups in total. The summed E-state index contributed by atoms with van der Waals surface area (Å²) in [6.07, 6.45) is 5.49. The van der Waals surface area contributed by atoms with E-state index in [1.165, 1.54) is 6.42 Å². The highest BCUT2D eigenvalue weighted by molar-refractivity contribution is 7.09. The van der Waals surface area contributed by atoms with Crippen molar-refractivity contribution in [1.29, 1.82) is 0 Å². The Bertz CT molecular complexity index is 387. The van der Waals surface area contributed by atoms with E-state index in [-0.39, 0.29) is 11.4 Å². The van der Waals surface area contributed by atoms with Gasteiger partial charge in [0.2, 0.25) is 5.91 Å². The highest BCUT2D eigenvalue weighted by Gasteiger charge is 2.30. The molecular weight excluding hydrogens is 246 g/mol. The van der Waals surface area contributed by atoms with Crippen LogP contribution in [0.5, 0.6) is 0 Å². The second kappa shape index (κ2) is 5.80. The second-order valence-corrected chi connectivity index (χ2v) is 5.96. The lowest BCUT2D eigenvalue weighted by Crippen LogP contribution is -2.44. The van der Waals surface area contributed by atoms with E-state index in [2.05, 4.69) is 22.5 Å². The lowest BCUT2D eigenvalue weighted by atomic mass is 9.99. The van der Waals surface area contributed by atoms with E-state index in [9.17, 15) is 4.79 Å². The molecule has 1 aromatic rings. The van der Waals surface area contributed by atoms with Crippen LogP contribution in [-0.2, 0) is 10.3 Å². The Balaban J connectivity index is 1.95. The van der Waals surface area contributed by atoms with Crippen molar-refractivity contribution in [2.45, 2.75) is 51.1 Å². The number of amides is 1. The molecule has 0 spiro atoms. The van der Waals surface area contributed by atoms with Crippen molar-refractivity contribution >= 4 is 17.2 Å². The molecular formula is C13H21N3OS. The number of hydrogen-bond acceptors (Lipinski definition) is 4. The minimum absolute atomic E-state index is 0.119. The largest absolute Gasteiger partial charge is 0.344 e. The number of nitrogens with one attached hydrogen (secondary N) is 2. The van der Waals surface area contributed by atoms with Crippen LogP contribution in [0.2, 0.25) is 0 Å². The number of rotatable bonds is 5. The van der Waals surface area contributed by atoms with Crippen molar-refractivity contribution in [3.63, 3.8) is 0 Å². The van der Waals surface area contributed by atoms with Crippen LogP contribution in [-0.4, -0.2) is 23.5 Å². The minimum Gasteiger partial charge on any atom is -0.344 e. The highest BCUT2D eigenvalue weighted by atomic mass is 32.1. The zero-order valence-electron chi connectivity index (χ0n) is 11.0. The highest BCUT2D eigenvalue weighted by Crippen LogP contribution is 2.26. The molecule has 1 aliphatic heterocycles. The van der Waals surface area contributed by atoms with Crippen LogP contribution >= 0.6 is 11.3 Å². The minimum atomic E-state index is -0.330. The monoisotopic (exact) mass is 267 g/mol. The fourth-order valence-corrected chi connectivity index (χ4v) is 3.13. The van der Waals surface area contributed by atoms with Crippen molar-refractivity contribution in [1.82, 2.24) is 15.6 Å². The quantitative estimate of drug-likeness (QED) is 0.858. The molecule has 5 heteroatoms. The Morgan fingerprint density at radius 1 is 1.72 bits per heavy atom. The molecule has 2 atom stereocenters. The Morgan fingerprint density at radius 2 is 2.56 bits per heavy atom. The molecule has 0 aromatic carbocycles. The summed E-state index contributed by atoms with van der Waals surface area (Å²) >= 11 is 1.60. The van der Waals surface area contributed by atoms with Gasteiger partial charge in [-0.25, -0.2) is 4.98 Å². The summed E-state index contributed by atoms with van der Waals surface area (Å²) in [4.78, 5) is 16.4. The lowest BCUT2D eigenvalue weighted by Gasteiger charge is -2.28. The van der Waals surface area contributed by atoms with Gasteiger partial charge in [-0.1, -0.05) is 6.92 Å². The third-order valence-corrected chi connectivity index (χ3v) is 4.66. The van der Waals surface area contributed by atoms with Crippen LogP contribution in [0.4, 0.5) is 0 Å². The van der Waals surface area contributed by atoms with Crippen LogP contribution in [0, 0.1) is 0 Å². The van der Waals surface area contributed by atoms with Gasteiger partial charge in [-0.05, 0) is 32.7 Å². The van der Waals surface area contributed by atoms with Gasteiger partial charge in [-0.3, -0.25) is 4.79 Å². The SMILES string of the molecule is CCC(C)(NC(=O)CC1CCCN1)c1nccs1. The van der Waals surface area contributed by atoms with E-state index >= 15 is 0 Å². The maximum Gasteiger partial charge on any atom is 0.222 e. The van der Waals surface area contributed by atoms with Gasteiger partial charge < -0.3 is 10.6 Å². The number of thiazole rings is 1. The van der Waals surface area contributed by atoms with E-state index < -0.39 is 0 Å². The Labute approximate surface area is 112 Å². The van der Waals surface area contributed by atoms with Gasteiger partial charge in [0, 0.05) is 24.0 Å². The molecule has 100 valence electrons. The molecule has 0 saturated carbocycles. The Hall–Kier alpha value is -0.940. The third kappa shape index (κ3) is 3.09. The first kappa shape index (κ1) is 13.5. The van der Waals surface area contributed by atoms with Crippen LogP contribution in [0.25, 0.3) is 0 Å². The molecule has 2 heterocycles. The van der Waals surface area contributed by atoms with Crippen molar-refractivity contribution < 1.29 is 4.79 Å². The average molecular weight is 267 g/mol. The Morgan fingerprint density at radius 3 is 3.11 bits per heavy atom. The molecule has 0 bridgehead atoms. The molecule has 2 rings (SSSR count). The van der Waals surface area contributed by atoms with Gasteiger partial charge in [0.15, 0.2) is 0 Å². The summed E-state index contributed by atoms with van der Waals surface area (Å²) < 4.78 is 0. The van der Waals surface area contributed by atoms with Gasteiger partial charge in [-0.15, -0.1) is 11.3 Å². The fraction of sp³-hybridized carbons (Fsp3) is 0.692. The van der Waals surface area contributed by atoms with E-state index in [4.69, 9.17) is 0 Å². The molecule has 1 saturated heterocycles. The number of nitrogens with zero attached hydrogens (tertiary/aromatic N) is 1. The first-order valence-corrected chi connectivity index (χ1v) is 7.46. The maximum absolute atomic E-state index is 12.1. The van der Waals surface area contributed by atoms with E-state index in [1.807, 2.05) is 12.3 Å². The first-order chi connectivity index (χ1) is 8.64. The number of carbonyl (C=O) groups is 1. The zero-order chi connectivity index (χ0) is 13.0. The molecule has 0 radical (unpaired) electrons. The van der Waals surface area contributed by atoms with E-state index in [0.29, 0.717) is 12.5 Å². The van der Waals surface area contributed by atoms with Crippen LogP contribution in [0.15, 0.2) is 11.6 Å². The molecule has 18 heavy (non-hydrogen) atoms. The molecule has 1 aliphatic rings. The average Bonchev–Trinajstić information content (AvgIpc) is 3.00. The lowest BCUT2D eigenvalue weighted by molar-refractivity contribution is -0.123. The smallest absolute Gasteiger partial charge is 0.222 e. The van der Waals surface area contributed by atoms with Gasteiger partial charge in [0.25, 0.3) is 0 Å². The van der Waals surface area contributed by atoms with Crippen molar-refractivity contribution in [2.24, 2.45) is 0 Å². The van der Waals surface area contributed by atoms with E-state index in [0.717, 1.165) is 24.4 Å². The van der Waals surface area contributed by atoms with Crippen LogP contribution in [0.3, 0.4) is 0 Å². The molecule has 4 nitrogen and oxygen atoms in total. The summed E-state index contributed by atoms with van der Waals surface area (Å²) in [5, 5.41) is 9.43. The van der Waals surface area contributed by atoms with Gasteiger partial charge in [0.1, 0.15) is 5.01 Å². The summed E-state index contributed by atoms with van der Waals surface area (Å²) in [6, 6.07) is 0.349. The molecule has 1 fully saturated rings. The van der Waals surface area contributed by atoms with Gasteiger partial charge in [0.05, 0.1) is 5.54 Å². The van der Waals surface area contributed by atoms with Crippen molar-refractivity contribution in [2.75, 3.05) is 6.54 Å². The summed E-state index contributed by atoms with van der Waals surface area (Å²) in [5.41, 5.74) is -0.330. The summed E-state index contributed by atoms with van der Waals surface area (Å²) in [7, 11) is 0. The van der Waals surface area contributed by atoms with Crippen molar-refractivity contribution in [3.8, 4) is 0 Å². The van der Waals surface area contributed by atoms with Crippen LogP contribution in [0.1, 0.15) is 44.5 Å². The third-order valence-electron chi connectivity index (χ3n) is 3.62. The number of carbonyl (C=O) groups excluding carboxylic acids is 1. The summed E-state index contributed by atoms with van der Waals surface area (Å²) in [5.74, 6) is 0.119. The maximum atomic E-state index is 12.1. The van der Waals surface area contributed by atoms with Crippen LogP contribution < -0.4 is 10.6 Å².